The summed E-state index contributed by atoms with van der Waals surface area (Å²) in [7, 11) is 5.42. The van der Waals surface area contributed by atoms with Crippen LogP contribution in [0.4, 0.5) is 0 Å². The van der Waals surface area contributed by atoms with Crippen LogP contribution >= 0.6 is 0 Å². The van der Waals surface area contributed by atoms with Crippen LogP contribution in [0, 0.1) is 0 Å². The Labute approximate surface area is 81.0 Å². The Kier molecular flexibility index (Phi) is 6.24. The van der Waals surface area contributed by atoms with Crippen molar-refractivity contribution in [3.63, 3.8) is 0 Å². The maximum Gasteiger partial charge on any atom is 0.0656 e. The van der Waals surface area contributed by atoms with Crippen molar-refractivity contribution in [3.05, 3.63) is 0 Å². The molecule has 0 saturated carbocycles. The third-order valence-electron chi connectivity index (χ3n) is 2.45. The molecule has 0 rings (SSSR count). The van der Waals surface area contributed by atoms with Gasteiger partial charge in [0.05, 0.1) is 18.8 Å². The number of likely N-dealkylation sites (N-methyl/N-ethyl adjacent to an activating group) is 1. The van der Waals surface area contributed by atoms with Gasteiger partial charge in [-0.15, -0.1) is 0 Å². The van der Waals surface area contributed by atoms with E-state index in [0.29, 0.717) is 13.2 Å². The van der Waals surface area contributed by atoms with Crippen molar-refractivity contribution in [2.45, 2.75) is 12.5 Å². The molecule has 13 heavy (non-hydrogen) atoms. The highest BCUT2D eigenvalue weighted by Gasteiger charge is 2.27. The van der Waals surface area contributed by atoms with Gasteiger partial charge in [0.1, 0.15) is 0 Å². The van der Waals surface area contributed by atoms with E-state index in [1.54, 1.807) is 14.2 Å². The summed E-state index contributed by atoms with van der Waals surface area (Å²) in [6.07, 6.45) is 0. The molecule has 1 atom stereocenters. The third-order valence-corrected chi connectivity index (χ3v) is 2.45. The Hall–Kier alpha value is -0.160. The quantitative estimate of drug-likeness (QED) is 0.610. The van der Waals surface area contributed by atoms with E-state index in [4.69, 9.17) is 15.2 Å². The molecule has 4 heteroatoms. The van der Waals surface area contributed by atoms with Crippen molar-refractivity contribution < 1.29 is 9.47 Å². The highest BCUT2D eigenvalue weighted by atomic mass is 16.5. The number of hydrogen-bond donors (Lipinski definition) is 1. The maximum absolute atomic E-state index is 5.70. The largest absolute Gasteiger partial charge is 0.383 e. The van der Waals surface area contributed by atoms with Crippen molar-refractivity contribution in [2.24, 2.45) is 5.73 Å². The molecular formula is C9H22N2O2. The van der Waals surface area contributed by atoms with Crippen molar-refractivity contribution in [3.8, 4) is 0 Å². The molecule has 0 aromatic rings. The van der Waals surface area contributed by atoms with Gasteiger partial charge in [-0.25, -0.2) is 0 Å². The van der Waals surface area contributed by atoms with E-state index >= 15 is 0 Å². The zero-order valence-corrected chi connectivity index (χ0v) is 9.17. The monoisotopic (exact) mass is 190 g/mol. The average molecular weight is 190 g/mol. The molecule has 1 unspecified atom stereocenters. The number of nitrogens with two attached hydrogens (primary N) is 1. The van der Waals surface area contributed by atoms with Gasteiger partial charge >= 0.3 is 0 Å². The van der Waals surface area contributed by atoms with Crippen LogP contribution in [0.25, 0.3) is 0 Å². The molecule has 80 valence electrons. The first-order chi connectivity index (χ1) is 6.10. The fourth-order valence-corrected chi connectivity index (χ4v) is 1.13. The molecule has 0 aromatic carbocycles. The second-order valence-electron chi connectivity index (χ2n) is 3.55. The summed E-state index contributed by atoms with van der Waals surface area (Å²) >= 11 is 0. The topological polar surface area (TPSA) is 47.7 Å². The van der Waals surface area contributed by atoms with Gasteiger partial charge < -0.3 is 15.2 Å². The molecule has 2 N–H and O–H groups in total. The standard InChI is InChI=1S/C9H22N2O2/c1-9(7-10,8-13-4)11(2)5-6-12-3/h5-8,10H2,1-4H3. The number of ether oxygens (including phenoxy) is 2. The molecule has 0 heterocycles. The Bertz CT molecular complexity index is 133. The molecule has 0 amide bonds. The second-order valence-corrected chi connectivity index (χ2v) is 3.55. The fraction of sp³-hybridized carbons (Fsp3) is 1.00. The first kappa shape index (κ1) is 12.8. The van der Waals surface area contributed by atoms with Gasteiger partial charge in [0.15, 0.2) is 0 Å². The molecule has 0 saturated heterocycles. The number of hydrogen-bond acceptors (Lipinski definition) is 4. The maximum atomic E-state index is 5.70. The molecule has 0 aliphatic rings. The Balaban J connectivity index is 4.03. The van der Waals surface area contributed by atoms with Gasteiger partial charge in [0.2, 0.25) is 0 Å². The summed E-state index contributed by atoms with van der Waals surface area (Å²) in [6.45, 7) is 4.90. The number of methoxy groups -OCH3 is 2. The van der Waals surface area contributed by atoms with Crippen LogP contribution < -0.4 is 5.73 Å². The first-order valence-electron chi connectivity index (χ1n) is 4.50. The Morgan fingerprint density at radius 1 is 1.31 bits per heavy atom. The van der Waals surface area contributed by atoms with Crippen LogP contribution in [0.2, 0.25) is 0 Å². The smallest absolute Gasteiger partial charge is 0.0656 e. The SMILES string of the molecule is COCCN(C)C(C)(CN)COC. The molecule has 0 spiro atoms. The van der Waals surface area contributed by atoms with E-state index in [2.05, 4.69) is 11.8 Å². The summed E-state index contributed by atoms with van der Waals surface area (Å²) in [4.78, 5) is 2.17. The summed E-state index contributed by atoms with van der Waals surface area (Å²) in [5.41, 5.74) is 5.61. The lowest BCUT2D eigenvalue weighted by Gasteiger charge is -2.37. The molecular weight excluding hydrogens is 168 g/mol. The highest BCUT2D eigenvalue weighted by molar-refractivity contribution is 4.85. The van der Waals surface area contributed by atoms with Crippen molar-refractivity contribution in [1.29, 1.82) is 0 Å². The first-order valence-corrected chi connectivity index (χ1v) is 4.50. The van der Waals surface area contributed by atoms with Crippen LogP contribution in [-0.4, -0.2) is 58.0 Å². The second kappa shape index (κ2) is 6.32. The minimum absolute atomic E-state index is 0.0900. The molecule has 4 nitrogen and oxygen atoms in total. The van der Waals surface area contributed by atoms with E-state index < -0.39 is 0 Å². The number of nitrogens with zero attached hydrogens (tertiary/aromatic N) is 1. The summed E-state index contributed by atoms with van der Waals surface area (Å²) in [5, 5.41) is 0. The zero-order chi connectivity index (χ0) is 10.3. The molecule has 0 bridgehead atoms. The van der Waals surface area contributed by atoms with Crippen LogP contribution in [-0.2, 0) is 9.47 Å². The van der Waals surface area contributed by atoms with Gasteiger partial charge in [-0.3, -0.25) is 4.90 Å². The highest BCUT2D eigenvalue weighted by Crippen LogP contribution is 2.11. The van der Waals surface area contributed by atoms with Crippen molar-refractivity contribution >= 4 is 0 Å². The predicted octanol–water partition coefficient (Wildman–Crippen LogP) is -0.0716. The minimum atomic E-state index is -0.0900. The molecule has 0 aromatic heterocycles. The van der Waals surface area contributed by atoms with Crippen LogP contribution in [0.15, 0.2) is 0 Å². The van der Waals surface area contributed by atoms with E-state index in [9.17, 15) is 0 Å². The lowest BCUT2D eigenvalue weighted by molar-refractivity contribution is 0.0289. The Morgan fingerprint density at radius 2 is 1.92 bits per heavy atom. The van der Waals surface area contributed by atoms with E-state index in [1.165, 1.54) is 0 Å². The van der Waals surface area contributed by atoms with Gasteiger partial charge in [0, 0.05) is 27.3 Å². The minimum Gasteiger partial charge on any atom is -0.383 e. The van der Waals surface area contributed by atoms with Crippen molar-refractivity contribution in [1.82, 2.24) is 4.90 Å². The summed E-state index contributed by atoms with van der Waals surface area (Å²) in [6, 6.07) is 0. The van der Waals surface area contributed by atoms with Crippen LogP contribution in [0.3, 0.4) is 0 Å². The van der Waals surface area contributed by atoms with E-state index in [-0.39, 0.29) is 5.54 Å². The normalized spacial score (nSPS) is 16.2. The molecule has 0 aliphatic carbocycles. The van der Waals surface area contributed by atoms with Crippen LogP contribution in [0.5, 0.6) is 0 Å². The molecule has 0 radical (unpaired) electrons. The predicted molar refractivity (Wildman–Crippen MR) is 53.8 cm³/mol. The lowest BCUT2D eigenvalue weighted by Crippen LogP contribution is -2.53. The molecule has 0 aliphatic heterocycles. The lowest BCUT2D eigenvalue weighted by atomic mass is 10.0. The van der Waals surface area contributed by atoms with Gasteiger partial charge in [0.25, 0.3) is 0 Å². The van der Waals surface area contributed by atoms with Gasteiger partial charge in [-0.1, -0.05) is 0 Å². The van der Waals surface area contributed by atoms with Crippen LogP contribution in [0.1, 0.15) is 6.92 Å². The molecule has 0 fully saturated rings. The summed E-state index contributed by atoms with van der Waals surface area (Å²) in [5.74, 6) is 0. The fourth-order valence-electron chi connectivity index (χ4n) is 1.13. The third kappa shape index (κ3) is 4.04. The van der Waals surface area contributed by atoms with Crippen molar-refractivity contribution in [2.75, 3.05) is 47.6 Å². The summed E-state index contributed by atoms with van der Waals surface area (Å²) < 4.78 is 10.1. The average Bonchev–Trinajstić information content (AvgIpc) is 2.14. The van der Waals surface area contributed by atoms with E-state index in [1.807, 2.05) is 7.05 Å². The number of rotatable bonds is 7. The van der Waals surface area contributed by atoms with Gasteiger partial charge in [-0.2, -0.15) is 0 Å². The Morgan fingerprint density at radius 3 is 2.31 bits per heavy atom. The zero-order valence-electron chi connectivity index (χ0n) is 9.17. The van der Waals surface area contributed by atoms with E-state index in [0.717, 1.165) is 13.2 Å². The van der Waals surface area contributed by atoms with Gasteiger partial charge in [-0.05, 0) is 14.0 Å².